The molecule has 1 rings (SSSR count). The molecule has 9 heavy (non-hydrogen) atoms. The third-order valence-electron chi connectivity index (χ3n) is 0.753. The molecule has 0 fully saturated rings. The normalized spacial score (nSPS) is 16.7. The molecule has 1 aliphatic heterocycles. The van der Waals surface area contributed by atoms with Gasteiger partial charge in [-0.05, 0) is 10.8 Å². The van der Waals surface area contributed by atoms with E-state index < -0.39 is 5.97 Å². The minimum Gasteiger partial charge on any atom is -0.481 e. The highest BCUT2D eigenvalue weighted by molar-refractivity contribution is 8.77. The summed E-state index contributed by atoms with van der Waals surface area (Å²) in [5.41, 5.74) is 0.775. The summed E-state index contributed by atoms with van der Waals surface area (Å²) in [4.78, 5) is 10.1. The SMILES string of the molecule is O=C(O)CC1=CSSN1. The molecule has 0 saturated carbocycles. The zero-order valence-electron chi connectivity index (χ0n) is 4.46. The summed E-state index contributed by atoms with van der Waals surface area (Å²) >= 11 is 0. The fourth-order valence-electron chi connectivity index (χ4n) is 0.424. The molecule has 0 aliphatic carbocycles. The van der Waals surface area contributed by atoms with Gasteiger partial charge in [-0.1, -0.05) is 0 Å². The van der Waals surface area contributed by atoms with Crippen molar-refractivity contribution in [3.63, 3.8) is 0 Å². The fraction of sp³-hybridized carbons (Fsp3) is 0.250. The lowest BCUT2D eigenvalue weighted by Gasteiger charge is -1.94. The maximum atomic E-state index is 10.1. The molecule has 3 nitrogen and oxygen atoms in total. The van der Waals surface area contributed by atoms with Crippen LogP contribution in [-0.4, -0.2) is 11.1 Å². The molecule has 50 valence electrons. The first-order chi connectivity index (χ1) is 4.29. The Morgan fingerprint density at radius 3 is 3.11 bits per heavy atom. The van der Waals surface area contributed by atoms with Crippen LogP contribution in [0.4, 0.5) is 0 Å². The van der Waals surface area contributed by atoms with Crippen molar-refractivity contribution < 1.29 is 9.90 Å². The average Bonchev–Trinajstić information content (AvgIpc) is 2.15. The smallest absolute Gasteiger partial charge is 0.309 e. The van der Waals surface area contributed by atoms with Gasteiger partial charge >= 0.3 is 5.97 Å². The Balaban J connectivity index is 2.35. The van der Waals surface area contributed by atoms with E-state index in [1.54, 1.807) is 5.41 Å². The molecule has 2 N–H and O–H groups in total. The number of hydrogen-bond donors (Lipinski definition) is 2. The van der Waals surface area contributed by atoms with E-state index in [4.69, 9.17) is 5.11 Å². The molecule has 0 atom stereocenters. The van der Waals surface area contributed by atoms with E-state index >= 15 is 0 Å². The van der Waals surface area contributed by atoms with Crippen molar-refractivity contribution in [3.05, 3.63) is 11.1 Å². The van der Waals surface area contributed by atoms with Gasteiger partial charge in [-0.3, -0.25) is 4.79 Å². The zero-order valence-corrected chi connectivity index (χ0v) is 6.09. The van der Waals surface area contributed by atoms with E-state index in [0.717, 1.165) is 5.70 Å². The number of carboxylic acid groups (broad SMARTS) is 1. The van der Waals surface area contributed by atoms with Crippen LogP contribution in [0.15, 0.2) is 11.1 Å². The first-order valence-corrected chi connectivity index (χ1v) is 4.49. The van der Waals surface area contributed by atoms with E-state index in [1.807, 2.05) is 0 Å². The maximum Gasteiger partial charge on any atom is 0.309 e. The van der Waals surface area contributed by atoms with Gasteiger partial charge < -0.3 is 9.83 Å². The Labute approximate surface area is 60.4 Å². The molecule has 0 aromatic heterocycles. The van der Waals surface area contributed by atoms with Gasteiger partial charge in [0.2, 0.25) is 0 Å². The summed E-state index contributed by atoms with van der Waals surface area (Å²) < 4.78 is 2.85. The Morgan fingerprint density at radius 2 is 2.67 bits per heavy atom. The van der Waals surface area contributed by atoms with Crippen LogP contribution in [-0.2, 0) is 4.79 Å². The van der Waals surface area contributed by atoms with E-state index in [-0.39, 0.29) is 6.42 Å². The molecular formula is C4H5NO2S2. The van der Waals surface area contributed by atoms with E-state index in [1.165, 1.54) is 21.8 Å². The minimum absolute atomic E-state index is 0.0972. The molecule has 0 radical (unpaired) electrons. The Hall–Kier alpha value is -0.290. The third-order valence-corrected chi connectivity index (χ3v) is 2.40. The summed E-state index contributed by atoms with van der Waals surface area (Å²) in [6, 6.07) is 0. The van der Waals surface area contributed by atoms with E-state index in [9.17, 15) is 4.79 Å². The summed E-state index contributed by atoms with van der Waals surface area (Å²) in [5, 5.41) is 10.1. The highest BCUT2D eigenvalue weighted by atomic mass is 33.1. The molecule has 0 aromatic carbocycles. The predicted molar refractivity (Wildman–Crippen MR) is 38.7 cm³/mol. The van der Waals surface area contributed by atoms with Crippen LogP contribution in [0.3, 0.4) is 0 Å². The van der Waals surface area contributed by atoms with Gasteiger partial charge in [0.25, 0.3) is 0 Å². The summed E-state index contributed by atoms with van der Waals surface area (Å²) in [6.07, 6.45) is 0.0972. The van der Waals surface area contributed by atoms with Gasteiger partial charge in [0, 0.05) is 22.1 Å². The van der Waals surface area contributed by atoms with Crippen LogP contribution in [0.5, 0.6) is 0 Å². The van der Waals surface area contributed by atoms with Crippen LogP contribution in [0.25, 0.3) is 0 Å². The van der Waals surface area contributed by atoms with Crippen molar-refractivity contribution in [1.29, 1.82) is 0 Å². The highest BCUT2D eigenvalue weighted by Crippen LogP contribution is 2.29. The lowest BCUT2D eigenvalue weighted by atomic mass is 10.4. The van der Waals surface area contributed by atoms with E-state index in [0.29, 0.717) is 0 Å². The first kappa shape index (κ1) is 6.82. The maximum absolute atomic E-state index is 10.1. The zero-order chi connectivity index (χ0) is 6.69. The second kappa shape index (κ2) is 3.03. The van der Waals surface area contributed by atoms with Crippen LogP contribution >= 0.6 is 21.8 Å². The standard InChI is InChI=1S/C4H5NO2S2/c6-4(7)1-3-2-8-9-5-3/h2,5H,1H2,(H,6,7). The lowest BCUT2D eigenvalue weighted by Crippen LogP contribution is -2.04. The summed E-state index contributed by atoms with van der Waals surface area (Å²) in [6.45, 7) is 0. The Morgan fingerprint density at radius 1 is 1.89 bits per heavy atom. The second-order valence-electron chi connectivity index (χ2n) is 1.50. The van der Waals surface area contributed by atoms with Crippen molar-refractivity contribution in [2.45, 2.75) is 6.42 Å². The van der Waals surface area contributed by atoms with Crippen molar-refractivity contribution >= 4 is 27.7 Å². The molecule has 0 saturated heterocycles. The van der Waals surface area contributed by atoms with Crippen molar-refractivity contribution in [2.24, 2.45) is 0 Å². The largest absolute Gasteiger partial charge is 0.481 e. The van der Waals surface area contributed by atoms with Gasteiger partial charge in [0.1, 0.15) is 0 Å². The summed E-state index contributed by atoms with van der Waals surface area (Å²) in [5.74, 6) is -0.795. The second-order valence-corrected chi connectivity index (χ2v) is 3.37. The number of carbonyl (C=O) groups is 1. The monoisotopic (exact) mass is 163 g/mol. The van der Waals surface area contributed by atoms with Gasteiger partial charge in [0.15, 0.2) is 0 Å². The van der Waals surface area contributed by atoms with Gasteiger partial charge in [0.05, 0.1) is 6.42 Å². The minimum atomic E-state index is -0.795. The van der Waals surface area contributed by atoms with Crippen LogP contribution < -0.4 is 4.72 Å². The van der Waals surface area contributed by atoms with Crippen molar-refractivity contribution in [3.8, 4) is 0 Å². The van der Waals surface area contributed by atoms with Crippen LogP contribution in [0.2, 0.25) is 0 Å². The van der Waals surface area contributed by atoms with Crippen LogP contribution in [0.1, 0.15) is 6.42 Å². The molecular weight excluding hydrogens is 158 g/mol. The van der Waals surface area contributed by atoms with E-state index in [2.05, 4.69) is 4.72 Å². The topological polar surface area (TPSA) is 49.3 Å². The molecule has 1 aliphatic rings. The van der Waals surface area contributed by atoms with Gasteiger partial charge in [-0.15, -0.1) is 0 Å². The molecule has 1 heterocycles. The average molecular weight is 163 g/mol. The molecule has 0 bridgehead atoms. The highest BCUT2D eigenvalue weighted by Gasteiger charge is 2.07. The number of aliphatic carboxylic acids is 1. The Bertz CT molecular complexity index is 157. The molecule has 0 amide bonds. The number of rotatable bonds is 2. The number of carboxylic acids is 1. The molecule has 0 spiro atoms. The first-order valence-electron chi connectivity index (χ1n) is 2.28. The summed E-state index contributed by atoms with van der Waals surface area (Å²) in [7, 11) is 2.94. The van der Waals surface area contributed by atoms with Gasteiger partial charge in [-0.2, -0.15) is 0 Å². The van der Waals surface area contributed by atoms with Gasteiger partial charge in [-0.25, -0.2) is 0 Å². The van der Waals surface area contributed by atoms with Crippen molar-refractivity contribution in [2.75, 3.05) is 0 Å². The quantitative estimate of drug-likeness (QED) is 0.473. The fourth-order valence-corrected chi connectivity index (χ4v) is 2.05. The Kier molecular flexibility index (Phi) is 2.29. The number of nitrogens with one attached hydrogen (secondary N) is 1. The van der Waals surface area contributed by atoms with Crippen LogP contribution in [0, 0.1) is 0 Å². The lowest BCUT2D eigenvalue weighted by molar-refractivity contribution is -0.136. The molecule has 0 aromatic rings. The number of hydrogen-bond acceptors (Lipinski definition) is 4. The molecule has 0 unspecified atom stereocenters. The predicted octanol–water partition coefficient (Wildman–Crippen LogP) is 1.20. The molecule has 5 heteroatoms. The third kappa shape index (κ3) is 2.19. The van der Waals surface area contributed by atoms with Crippen molar-refractivity contribution in [1.82, 2.24) is 4.72 Å².